The minimum atomic E-state index is -2.51. The molecule has 0 unspecified atom stereocenters. The van der Waals surface area contributed by atoms with Crippen LogP contribution in [0.25, 0.3) is 0 Å². The Labute approximate surface area is 93.4 Å². The van der Waals surface area contributed by atoms with Crippen molar-refractivity contribution in [1.29, 1.82) is 0 Å². The predicted octanol–water partition coefficient (Wildman–Crippen LogP) is 2.86. The second kappa shape index (κ2) is 5.63. The van der Waals surface area contributed by atoms with Crippen LogP contribution < -0.4 is 9.47 Å². The van der Waals surface area contributed by atoms with E-state index in [1.54, 1.807) is 12.3 Å². The summed E-state index contributed by atoms with van der Waals surface area (Å²) in [7, 11) is 1.42. The molecule has 0 spiro atoms. The first-order valence-corrected chi connectivity index (χ1v) is 4.99. The molecule has 0 atom stereocenters. The number of methoxy groups -OCH3 is 1. The number of aromatic nitrogens is 1. The third kappa shape index (κ3) is 3.32. The third-order valence-electron chi connectivity index (χ3n) is 2.06. The quantitative estimate of drug-likeness (QED) is 0.780. The lowest BCUT2D eigenvalue weighted by atomic mass is 10.1. The van der Waals surface area contributed by atoms with Crippen LogP contribution in [-0.4, -0.2) is 25.1 Å². The van der Waals surface area contributed by atoms with Gasteiger partial charge in [0, 0.05) is 6.20 Å². The lowest BCUT2D eigenvalue weighted by Crippen LogP contribution is -2.08. The topological polar surface area (TPSA) is 31.4 Å². The van der Waals surface area contributed by atoms with Gasteiger partial charge in [-0.15, -0.1) is 0 Å². The van der Waals surface area contributed by atoms with Crippen molar-refractivity contribution >= 4 is 0 Å². The van der Waals surface area contributed by atoms with Gasteiger partial charge in [0.25, 0.3) is 12.3 Å². The molecular formula is C11H15F2NO2. The van der Waals surface area contributed by atoms with Crippen LogP contribution in [0.2, 0.25) is 0 Å². The van der Waals surface area contributed by atoms with Gasteiger partial charge in [-0.3, -0.25) is 0 Å². The van der Waals surface area contributed by atoms with Crippen LogP contribution in [0, 0.1) is 0 Å². The predicted molar refractivity (Wildman–Crippen MR) is 56.4 cm³/mol. The maximum absolute atomic E-state index is 12.0. The molecular weight excluding hydrogens is 216 g/mol. The first-order chi connectivity index (χ1) is 7.54. The Morgan fingerprint density at radius 1 is 1.38 bits per heavy atom. The van der Waals surface area contributed by atoms with E-state index >= 15 is 0 Å². The molecule has 0 N–H and O–H groups in total. The Balaban J connectivity index is 2.88. The third-order valence-corrected chi connectivity index (χ3v) is 2.06. The van der Waals surface area contributed by atoms with Crippen molar-refractivity contribution in [3.05, 3.63) is 17.8 Å². The molecule has 0 radical (unpaired) electrons. The Morgan fingerprint density at radius 2 is 2.06 bits per heavy atom. The highest BCUT2D eigenvalue weighted by molar-refractivity contribution is 5.37. The molecule has 0 aliphatic rings. The highest BCUT2D eigenvalue weighted by Gasteiger charge is 2.11. The van der Waals surface area contributed by atoms with Crippen molar-refractivity contribution in [2.45, 2.75) is 26.2 Å². The zero-order valence-electron chi connectivity index (χ0n) is 9.54. The Kier molecular flexibility index (Phi) is 4.46. The minimum Gasteiger partial charge on any atom is -0.482 e. The van der Waals surface area contributed by atoms with Crippen molar-refractivity contribution in [3.63, 3.8) is 0 Å². The largest absolute Gasteiger partial charge is 0.482 e. The standard InChI is InChI=1S/C11H15F2NO2/c1-7(2)8-4-9(16-6-10(12)13)11(15-3)14-5-8/h4-5,7,10H,6H2,1-3H3. The summed E-state index contributed by atoms with van der Waals surface area (Å²) in [5, 5.41) is 0. The highest BCUT2D eigenvalue weighted by atomic mass is 19.3. The molecule has 90 valence electrons. The lowest BCUT2D eigenvalue weighted by Gasteiger charge is -2.12. The van der Waals surface area contributed by atoms with Gasteiger partial charge in [0.15, 0.2) is 5.75 Å². The van der Waals surface area contributed by atoms with Gasteiger partial charge in [-0.1, -0.05) is 13.8 Å². The Hall–Kier alpha value is -1.39. The molecule has 16 heavy (non-hydrogen) atoms. The smallest absolute Gasteiger partial charge is 0.272 e. The molecule has 0 bridgehead atoms. The summed E-state index contributed by atoms with van der Waals surface area (Å²) in [6.45, 7) is 3.32. The van der Waals surface area contributed by atoms with Crippen molar-refractivity contribution < 1.29 is 18.3 Å². The maximum atomic E-state index is 12.0. The van der Waals surface area contributed by atoms with Crippen LogP contribution in [-0.2, 0) is 0 Å². The average Bonchev–Trinajstić information content (AvgIpc) is 2.25. The summed E-state index contributed by atoms with van der Waals surface area (Å²) in [6, 6.07) is 1.68. The van der Waals surface area contributed by atoms with E-state index in [1.807, 2.05) is 13.8 Å². The molecule has 1 aromatic rings. The zero-order valence-corrected chi connectivity index (χ0v) is 9.54. The fourth-order valence-corrected chi connectivity index (χ4v) is 1.17. The summed E-state index contributed by atoms with van der Waals surface area (Å²) < 4.78 is 33.9. The van der Waals surface area contributed by atoms with Gasteiger partial charge < -0.3 is 9.47 Å². The van der Waals surface area contributed by atoms with Gasteiger partial charge in [0.1, 0.15) is 6.61 Å². The molecule has 0 aromatic carbocycles. The van der Waals surface area contributed by atoms with Crippen LogP contribution in [0.15, 0.2) is 12.3 Å². The van der Waals surface area contributed by atoms with Crippen molar-refractivity contribution in [1.82, 2.24) is 4.98 Å². The van der Waals surface area contributed by atoms with Gasteiger partial charge in [-0.25, -0.2) is 13.8 Å². The van der Waals surface area contributed by atoms with Crippen LogP contribution >= 0.6 is 0 Å². The molecule has 5 heteroatoms. The fraction of sp³-hybridized carbons (Fsp3) is 0.545. The van der Waals surface area contributed by atoms with Gasteiger partial charge in [-0.2, -0.15) is 0 Å². The summed E-state index contributed by atoms with van der Waals surface area (Å²) in [6.07, 6.45) is -0.856. The lowest BCUT2D eigenvalue weighted by molar-refractivity contribution is 0.0800. The van der Waals surface area contributed by atoms with E-state index in [0.29, 0.717) is 0 Å². The van der Waals surface area contributed by atoms with Crippen molar-refractivity contribution in [3.8, 4) is 11.6 Å². The molecule has 3 nitrogen and oxygen atoms in total. The van der Waals surface area contributed by atoms with Crippen LogP contribution in [0.5, 0.6) is 11.6 Å². The monoisotopic (exact) mass is 231 g/mol. The number of rotatable bonds is 5. The Bertz CT molecular complexity index is 343. The van der Waals surface area contributed by atoms with E-state index in [4.69, 9.17) is 9.47 Å². The minimum absolute atomic E-state index is 0.227. The van der Waals surface area contributed by atoms with Crippen LogP contribution in [0.4, 0.5) is 8.78 Å². The summed E-state index contributed by atoms with van der Waals surface area (Å²) in [5.41, 5.74) is 0.921. The highest BCUT2D eigenvalue weighted by Crippen LogP contribution is 2.28. The number of halogens is 2. The number of ether oxygens (including phenoxy) is 2. The summed E-state index contributed by atoms with van der Waals surface area (Å²) in [4.78, 5) is 4.00. The molecule has 0 saturated carbocycles. The second-order valence-electron chi connectivity index (χ2n) is 3.63. The van der Waals surface area contributed by atoms with Gasteiger partial charge in [-0.05, 0) is 17.5 Å². The van der Waals surface area contributed by atoms with Gasteiger partial charge >= 0.3 is 0 Å². The van der Waals surface area contributed by atoms with E-state index in [-0.39, 0.29) is 17.5 Å². The summed E-state index contributed by atoms with van der Waals surface area (Å²) >= 11 is 0. The number of hydrogen-bond acceptors (Lipinski definition) is 3. The number of nitrogens with zero attached hydrogens (tertiary/aromatic N) is 1. The fourth-order valence-electron chi connectivity index (χ4n) is 1.17. The first-order valence-electron chi connectivity index (χ1n) is 4.99. The van der Waals surface area contributed by atoms with Gasteiger partial charge in [0.2, 0.25) is 0 Å². The average molecular weight is 231 g/mol. The first kappa shape index (κ1) is 12.7. The van der Waals surface area contributed by atoms with Crippen molar-refractivity contribution in [2.75, 3.05) is 13.7 Å². The zero-order chi connectivity index (χ0) is 12.1. The number of pyridine rings is 1. The molecule has 0 saturated heterocycles. The normalized spacial score (nSPS) is 10.9. The Morgan fingerprint density at radius 3 is 2.56 bits per heavy atom. The van der Waals surface area contributed by atoms with E-state index in [0.717, 1.165) is 5.56 Å². The number of alkyl halides is 2. The number of hydrogen-bond donors (Lipinski definition) is 0. The van der Waals surface area contributed by atoms with E-state index in [2.05, 4.69) is 4.98 Å². The molecule has 0 fully saturated rings. The molecule has 0 aliphatic heterocycles. The van der Waals surface area contributed by atoms with Crippen LogP contribution in [0.3, 0.4) is 0 Å². The summed E-state index contributed by atoms with van der Waals surface area (Å²) in [5.74, 6) is 0.742. The molecule has 0 aliphatic carbocycles. The van der Waals surface area contributed by atoms with E-state index < -0.39 is 13.0 Å². The van der Waals surface area contributed by atoms with Gasteiger partial charge in [0.05, 0.1) is 7.11 Å². The maximum Gasteiger partial charge on any atom is 0.272 e. The van der Waals surface area contributed by atoms with Crippen molar-refractivity contribution in [2.24, 2.45) is 0 Å². The molecule has 1 heterocycles. The van der Waals surface area contributed by atoms with Crippen LogP contribution in [0.1, 0.15) is 25.3 Å². The SMILES string of the molecule is COc1ncc(C(C)C)cc1OCC(F)F. The molecule has 1 rings (SSSR count). The van der Waals surface area contributed by atoms with E-state index in [9.17, 15) is 8.78 Å². The molecule has 1 aromatic heterocycles. The van der Waals surface area contributed by atoms with E-state index in [1.165, 1.54) is 7.11 Å². The molecule has 0 amide bonds. The second-order valence-corrected chi connectivity index (χ2v) is 3.63.